The number of rotatable bonds is 4. The van der Waals surface area contributed by atoms with Gasteiger partial charge >= 0.3 is 0 Å². The Balaban J connectivity index is 1.53. The Morgan fingerprint density at radius 2 is 1.31 bits per heavy atom. The molecule has 35 heavy (non-hydrogen) atoms. The molecule has 0 amide bonds. The largest absolute Gasteiger partial charge is 0.493 e. The van der Waals surface area contributed by atoms with Gasteiger partial charge in [-0.15, -0.1) is 0 Å². The molecule has 0 fully saturated rings. The minimum atomic E-state index is 0.734. The van der Waals surface area contributed by atoms with Gasteiger partial charge in [-0.1, -0.05) is 91.0 Å². The predicted octanol–water partition coefficient (Wildman–Crippen LogP) is 9.66. The van der Waals surface area contributed by atoms with Crippen molar-refractivity contribution in [2.75, 3.05) is 7.11 Å². The number of methoxy groups -OCH3 is 1. The van der Waals surface area contributed by atoms with Crippen LogP contribution in [0, 0.1) is 6.92 Å². The summed E-state index contributed by atoms with van der Waals surface area (Å²) < 4.78 is 13.2. The van der Waals surface area contributed by atoms with E-state index in [0.717, 1.165) is 43.6 Å². The van der Waals surface area contributed by atoms with Crippen LogP contribution in [0.25, 0.3) is 56.0 Å². The smallest absolute Gasteiger partial charge is 0.176 e. The second-order valence-corrected chi connectivity index (χ2v) is 9.47. The van der Waals surface area contributed by atoms with Gasteiger partial charge in [0.25, 0.3) is 0 Å². The molecule has 0 saturated carbocycles. The van der Waals surface area contributed by atoms with E-state index < -0.39 is 0 Å². The van der Waals surface area contributed by atoms with Gasteiger partial charge in [0.2, 0.25) is 0 Å². The third-order valence-corrected chi connectivity index (χ3v) is 7.49. The predicted molar refractivity (Wildman–Crippen MR) is 151 cm³/mol. The summed E-state index contributed by atoms with van der Waals surface area (Å²) in [4.78, 5) is 0. The molecule has 0 unspecified atom stereocenters. The van der Waals surface area contributed by atoms with E-state index in [4.69, 9.17) is 9.15 Å². The maximum atomic E-state index is 6.30. The van der Waals surface area contributed by atoms with Gasteiger partial charge in [-0.2, -0.15) is 0 Å². The summed E-state index contributed by atoms with van der Waals surface area (Å²) in [6, 6.07) is 31.5. The molecule has 0 radical (unpaired) electrons. The first-order chi connectivity index (χ1) is 17.2. The molecule has 1 heterocycles. The van der Waals surface area contributed by atoms with Crippen LogP contribution in [0.4, 0.5) is 0 Å². The van der Waals surface area contributed by atoms with E-state index in [1.165, 1.54) is 27.1 Å². The van der Waals surface area contributed by atoms with Crippen molar-refractivity contribution in [2.24, 2.45) is 0 Å². The Kier molecular flexibility index (Phi) is 5.43. The van der Waals surface area contributed by atoms with Crippen LogP contribution in [-0.2, 0) is 0 Å². The Bertz CT molecular complexity index is 1690. The van der Waals surface area contributed by atoms with Crippen molar-refractivity contribution in [1.29, 1.82) is 0 Å². The fourth-order valence-electron chi connectivity index (χ4n) is 4.89. The van der Waals surface area contributed by atoms with Crippen molar-refractivity contribution in [1.82, 2.24) is 0 Å². The number of fused-ring (bicyclic) bond motifs is 3. The average Bonchev–Trinajstić information content (AvgIpc) is 3.25. The summed E-state index contributed by atoms with van der Waals surface area (Å²) in [6.07, 6.45) is 4.38. The maximum Gasteiger partial charge on any atom is 0.176 e. The first-order valence-corrected chi connectivity index (χ1v) is 12.4. The van der Waals surface area contributed by atoms with Crippen molar-refractivity contribution < 1.29 is 9.15 Å². The van der Waals surface area contributed by atoms with Gasteiger partial charge in [-0.05, 0) is 67.7 Å². The molecule has 6 aromatic rings. The van der Waals surface area contributed by atoms with Gasteiger partial charge in [0.05, 0.1) is 7.11 Å². The van der Waals surface area contributed by atoms with Crippen LogP contribution in [0.2, 0.25) is 0 Å². The summed E-state index contributed by atoms with van der Waals surface area (Å²) >= 11 is 3.84. The fraction of sp³-hybridized carbons (Fsp3) is 0.0625. The zero-order valence-electron chi connectivity index (χ0n) is 19.5. The monoisotopic (exact) mass is 518 g/mol. The average molecular weight is 519 g/mol. The summed E-state index contributed by atoms with van der Waals surface area (Å²) in [5.41, 5.74) is 5.22. The van der Waals surface area contributed by atoms with Crippen LogP contribution >= 0.6 is 15.9 Å². The van der Waals surface area contributed by atoms with Gasteiger partial charge in [0.15, 0.2) is 11.3 Å². The molecule has 0 atom stereocenters. The quantitative estimate of drug-likeness (QED) is 0.171. The molecular weight excluding hydrogens is 496 g/mol. The van der Waals surface area contributed by atoms with Crippen LogP contribution in [0.15, 0.2) is 99.9 Å². The summed E-state index contributed by atoms with van der Waals surface area (Å²) in [5, 5.41) is 5.91. The Labute approximate surface area is 212 Å². The number of halogens is 1. The highest BCUT2D eigenvalue weighted by Crippen LogP contribution is 2.40. The van der Waals surface area contributed by atoms with Crippen LogP contribution in [-0.4, -0.2) is 7.11 Å². The molecule has 0 aliphatic rings. The lowest BCUT2D eigenvalue weighted by Crippen LogP contribution is -1.87. The van der Waals surface area contributed by atoms with Crippen molar-refractivity contribution in [3.05, 3.63) is 112 Å². The standard InChI is InChI=1S/C32H23BrO2/c1-20-28-18-21(19-29(34-2)32(28)35-31(20)22-10-4-3-5-11-22)16-17-25-23-12-6-8-14-26(23)30(33)27-15-9-7-13-24(25)27/h3-19H,1-2H3/b17-16+. The SMILES string of the molecule is COc1cc(/C=C/c2c3ccccc3c(Br)c3ccccc23)cc2c(C)c(-c3ccccc3)oc12. The zero-order valence-corrected chi connectivity index (χ0v) is 21.1. The lowest BCUT2D eigenvalue weighted by molar-refractivity contribution is 0.411. The molecule has 0 saturated heterocycles. The molecule has 5 aromatic carbocycles. The summed E-state index contributed by atoms with van der Waals surface area (Å²) in [5.74, 6) is 1.61. The molecule has 170 valence electrons. The lowest BCUT2D eigenvalue weighted by atomic mass is 9.96. The molecule has 1 aromatic heterocycles. The number of benzene rings is 5. The third kappa shape index (κ3) is 3.64. The number of furan rings is 1. The Morgan fingerprint density at radius 3 is 1.94 bits per heavy atom. The number of aryl methyl sites for hydroxylation is 1. The Morgan fingerprint density at radius 1 is 0.714 bits per heavy atom. The van der Waals surface area contributed by atoms with Crippen molar-refractivity contribution in [3.8, 4) is 17.1 Å². The summed E-state index contributed by atoms with van der Waals surface area (Å²) in [7, 11) is 1.69. The number of hydrogen-bond donors (Lipinski definition) is 0. The second-order valence-electron chi connectivity index (χ2n) is 8.67. The van der Waals surface area contributed by atoms with Crippen molar-refractivity contribution in [3.63, 3.8) is 0 Å². The van der Waals surface area contributed by atoms with E-state index in [1.54, 1.807) is 7.11 Å². The highest BCUT2D eigenvalue weighted by Gasteiger charge is 2.17. The minimum absolute atomic E-state index is 0.734. The van der Waals surface area contributed by atoms with E-state index in [0.29, 0.717) is 0 Å². The second kappa shape index (κ2) is 8.75. The molecule has 0 bridgehead atoms. The topological polar surface area (TPSA) is 22.4 Å². The van der Waals surface area contributed by atoms with E-state index in [1.807, 2.05) is 24.3 Å². The molecule has 0 N–H and O–H groups in total. The molecule has 0 spiro atoms. The molecule has 0 aliphatic carbocycles. The van der Waals surface area contributed by atoms with Gasteiger partial charge in [0, 0.05) is 21.0 Å². The highest BCUT2D eigenvalue weighted by molar-refractivity contribution is 9.10. The zero-order chi connectivity index (χ0) is 23.9. The van der Waals surface area contributed by atoms with Gasteiger partial charge in [0.1, 0.15) is 5.76 Å². The lowest BCUT2D eigenvalue weighted by Gasteiger charge is -2.11. The van der Waals surface area contributed by atoms with Crippen LogP contribution in [0.5, 0.6) is 5.75 Å². The van der Waals surface area contributed by atoms with Crippen LogP contribution in [0.3, 0.4) is 0 Å². The van der Waals surface area contributed by atoms with E-state index in [-0.39, 0.29) is 0 Å². The fourth-order valence-corrected chi connectivity index (χ4v) is 5.58. The molecule has 6 rings (SSSR count). The molecule has 0 aliphatic heterocycles. The minimum Gasteiger partial charge on any atom is -0.493 e. The van der Waals surface area contributed by atoms with E-state index in [9.17, 15) is 0 Å². The van der Waals surface area contributed by atoms with E-state index in [2.05, 4.69) is 102 Å². The normalized spacial score (nSPS) is 11.7. The van der Waals surface area contributed by atoms with Gasteiger partial charge in [-0.3, -0.25) is 0 Å². The van der Waals surface area contributed by atoms with Crippen molar-refractivity contribution in [2.45, 2.75) is 6.92 Å². The number of hydrogen-bond acceptors (Lipinski definition) is 2. The van der Waals surface area contributed by atoms with Gasteiger partial charge < -0.3 is 9.15 Å². The van der Waals surface area contributed by atoms with Crippen molar-refractivity contribution >= 4 is 60.6 Å². The molecule has 2 nitrogen and oxygen atoms in total. The molecular formula is C32H23BrO2. The maximum absolute atomic E-state index is 6.30. The first kappa shape index (κ1) is 21.7. The third-order valence-electron chi connectivity index (χ3n) is 6.63. The van der Waals surface area contributed by atoms with Gasteiger partial charge in [-0.25, -0.2) is 0 Å². The first-order valence-electron chi connectivity index (χ1n) is 11.6. The Hall–Kier alpha value is -3.82. The van der Waals surface area contributed by atoms with Crippen LogP contribution < -0.4 is 4.74 Å². The van der Waals surface area contributed by atoms with E-state index >= 15 is 0 Å². The van der Waals surface area contributed by atoms with Crippen LogP contribution in [0.1, 0.15) is 16.7 Å². The molecule has 3 heteroatoms. The number of ether oxygens (including phenoxy) is 1. The highest BCUT2D eigenvalue weighted by atomic mass is 79.9. The summed E-state index contributed by atoms with van der Waals surface area (Å²) in [6.45, 7) is 2.11.